The lowest BCUT2D eigenvalue weighted by atomic mass is 9.86. The highest BCUT2D eigenvalue weighted by atomic mass is 16.6. The molecule has 0 aromatic carbocycles. The van der Waals surface area contributed by atoms with Crippen molar-refractivity contribution < 1.29 is 9.53 Å². The Hall–Kier alpha value is -1.85. The van der Waals surface area contributed by atoms with Crippen molar-refractivity contribution in [1.29, 1.82) is 0 Å². The molecule has 1 amide bonds. The fraction of sp³-hybridized carbons (Fsp3) is 0.722. The number of anilines is 1. The fourth-order valence-corrected chi connectivity index (χ4v) is 2.44. The third-order valence-electron chi connectivity index (χ3n) is 4.65. The molecule has 6 nitrogen and oxygen atoms in total. The zero-order valence-corrected chi connectivity index (χ0v) is 16.0. The van der Waals surface area contributed by atoms with Gasteiger partial charge in [0.2, 0.25) is 0 Å². The maximum atomic E-state index is 12.1. The van der Waals surface area contributed by atoms with Crippen LogP contribution in [0, 0.1) is 0 Å². The summed E-state index contributed by atoms with van der Waals surface area (Å²) in [5, 5.41) is 0. The first-order valence-corrected chi connectivity index (χ1v) is 8.57. The molecule has 134 valence electrons. The Kier molecular flexibility index (Phi) is 5.06. The fourth-order valence-electron chi connectivity index (χ4n) is 2.44. The number of carbonyl (C=O) groups excluding carboxylic acids is 1. The summed E-state index contributed by atoms with van der Waals surface area (Å²) >= 11 is 0. The van der Waals surface area contributed by atoms with Gasteiger partial charge in [0.15, 0.2) is 0 Å². The molecule has 0 N–H and O–H groups in total. The van der Waals surface area contributed by atoms with Gasteiger partial charge in [0, 0.05) is 31.6 Å². The molecule has 1 fully saturated rings. The Morgan fingerprint density at radius 3 is 2.46 bits per heavy atom. The standard InChI is InChI=1S/C18H30N4O2/c1-8-18(5,6)14-9-15(20-12-19-14)22-10-13(11-22)21(7)16(23)24-17(2,3)4/h9,12-13H,8,10-11H2,1-7H3. The number of rotatable bonds is 4. The molecular weight excluding hydrogens is 304 g/mol. The molecule has 0 bridgehead atoms. The summed E-state index contributed by atoms with van der Waals surface area (Å²) in [4.78, 5) is 24.8. The van der Waals surface area contributed by atoms with Gasteiger partial charge < -0.3 is 14.5 Å². The Morgan fingerprint density at radius 1 is 1.29 bits per heavy atom. The van der Waals surface area contributed by atoms with E-state index in [0.717, 1.165) is 31.0 Å². The summed E-state index contributed by atoms with van der Waals surface area (Å²) in [6.45, 7) is 13.7. The molecule has 0 atom stereocenters. The third-order valence-corrected chi connectivity index (χ3v) is 4.65. The molecule has 2 heterocycles. The van der Waals surface area contributed by atoms with Crippen LogP contribution in [0.2, 0.25) is 0 Å². The first kappa shape index (κ1) is 18.5. The zero-order chi connectivity index (χ0) is 18.1. The third kappa shape index (κ3) is 4.16. The smallest absolute Gasteiger partial charge is 0.410 e. The molecule has 1 saturated heterocycles. The van der Waals surface area contributed by atoms with Crippen LogP contribution in [0.4, 0.5) is 10.6 Å². The highest BCUT2D eigenvalue weighted by molar-refractivity contribution is 5.69. The van der Waals surface area contributed by atoms with Gasteiger partial charge in [-0.1, -0.05) is 20.8 Å². The summed E-state index contributed by atoms with van der Waals surface area (Å²) in [5.41, 5.74) is 0.621. The van der Waals surface area contributed by atoms with Crippen LogP contribution in [-0.4, -0.2) is 52.7 Å². The molecule has 0 saturated carbocycles. The SMILES string of the molecule is CCC(C)(C)c1cc(N2CC(N(C)C(=O)OC(C)(C)C)C2)ncn1. The summed E-state index contributed by atoms with van der Waals surface area (Å²) in [7, 11) is 1.79. The molecule has 0 spiro atoms. The van der Waals surface area contributed by atoms with E-state index in [4.69, 9.17) is 4.74 Å². The number of amides is 1. The van der Waals surface area contributed by atoms with Gasteiger partial charge in [0.05, 0.1) is 11.7 Å². The maximum absolute atomic E-state index is 12.1. The van der Waals surface area contributed by atoms with Crippen molar-refractivity contribution in [1.82, 2.24) is 14.9 Å². The number of carbonyl (C=O) groups is 1. The van der Waals surface area contributed by atoms with Crippen molar-refractivity contribution in [3.8, 4) is 0 Å². The van der Waals surface area contributed by atoms with E-state index in [2.05, 4.69) is 41.7 Å². The number of hydrogen-bond acceptors (Lipinski definition) is 5. The highest BCUT2D eigenvalue weighted by Gasteiger charge is 2.35. The van der Waals surface area contributed by atoms with Crippen molar-refractivity contribution in [2.24, 2.45) is 0 Å². The minimum atomic E-state index is -0.470. The Morgan fingerprint density at radius 2 is 1.92 bits per heavy atom. The molecule has 0 aliphatic carbocycles. The minimum Gasteiger partial charge on any atom is -0.444 e. The number of likely N-dealkylation sites (N-methyl/N-ethyl adjacent to an activating group) is 1. The van der Waals surface area contributed by atoms with Crippen molar-refractivity contribution in [3.05, 3.63) is 18.1 Å². The lowest BCUT2D eigenvalue weighted by Crippen LogP contribution is -2.60. The molecule has 24 heavy (non-hydrogen) atoms. The monoisotopic (exact) mass is 334 g/mol. The van der Waals surface area contributed by atoms with Gasteiger partial charge in [-0.15, -0.1) is 0 Å². The molecule has 1 aromatic rings. The molecule has 1 aromatic heterocycles. The Balaban J connectivity index is 1.97. The predicted molar refractivity (Wildman–Crippen MR) is 95.3 cm³/mol. The van der Waals surface area contributed by atoms with E-state index in [1.807, 2.05) is 20.8 Å². The second-order valence-electron chi connectivity index (χ2n) is 8.15. The number of nitrogens with zero attached hydrogens (tertiary/aromatic N) is 4. The van der Waals surface area contributed by atoms with Crippen LogP contribution < -0.4 is 4.90 Å². The van der Waals surface area contributed by atoms with Gasteiger partial charge in [-0.05, 0) is 27.2 Å². The van der Waals surface area contributed by atoms with E-state index in [-0.39, 0.29) is 17.6 Å². The van der Waals surface area contributed by atoms with E-state index in [0.29, 0.717) is 0 Å². The van der Waals surface area contributed by atoms with Crippen molar-refractivity contribution in [2.75, 3.05) is 25.0 Å². The quantitative estimate of drug-likeness (QED) is 0.846. The second kappa shape index (κ2) is 6.57. The van der Waals surface area contributed by atoms with Crippen molar-refractivity contribution >= 4 is 11.9 Å². The van der Waals surface area contributed by atoms with E-state index in [9.17, 15) is 4.79 Å². The van der Waals surface area contributed by atoms with Crippen LogP contribution >= 0.6 is 0 Å². The zero-order valence-electron chi connectivity index (χ0n) is 16.0. The summed E-state index contributed by atoms with van der Waals surface area (Å²) in [5.74, 6) is 0.926. The molecule has 0 unspecified atom stereocenters. The molecule has 2 rings (SSSR count). The normalized spacial score (nSPS) is 15.9. The largest absolute Gasteiger partial charge is 0.444 e. The van der Waals surface area contributed by atoms with Crippen LogP contribution in [-0.2, 0) is 10.2 Å². The molecule has 0 radical (unpaired) electrons. The van der Waals surface area contributed by atoms with Gasteiger partial charge in [-0.2, -0.15) is 0 Å². The van der Waals surface area contributed by atoms with Gasteiger partial charge >= 0.3 is 6.09 Å². The van der Waals surface area contributed by atoms with Gasteiger partial charge in [-0.25, -0.2) is 14.8 Å². The first-order valence-electron chi connectivity index (χ1n) is 8.57. The number of ether oxygens (including phenoxy) is 1. The first-order chi connectivity index (χ1) is 11.0. The van der Waals surface area contributed by atoms with E-state index < -0.39 is 5.60 Å². The van der Waals surface area contributed by atoms with Gasteiger partial charge in [-0.3, -0.25) is 0 Å². The van der Waals surface area contributed by atoms with Crippen LogP contribution in [0.1, 0.15) is 53.7 Å². The molecular formula is C18H30N4O2. The van der Waals surface area contributed by atoms with Gasteiger partial charge in [0.1, 0.15) is 17.7 Å². The Bertz CT molecular complexity index is 589. The van der Waals surface area contributed by atoms with E-state index in [1.54, 1.807) is 18.3 Å². The van der Waals surface area contributed by atoms with Crippen molar-refractivity contribution in [3.63, 3.8) is 0 Å². The number of hydrogen-bond donors (Lipinski definition) is 0. The molecule has 1 aliphatic rings. The summed E-state index contributed by atoms with van der Waals surface area (Å²) < 4.78 is 5.42. The molecule has 6 heteroatoms. The topological polar surface area (TPSA) is 58.6 Å². The highest BCUT2D eigenvalue weighted by Crippen LogP contribution is 2.29. The summed E-state index contributed by atoms with van der Waals surface area (Å²) in [6.07, 6.45) is 2.38. The van der Waals surface area contributed by atoms with Crippen LogP contribution in [0.3, 0.4) is 0 Å². The van der Waals surface area contributed by atoms with E-state index >= 15 is 0 Å². The van der Waals surface area contributed by atoms with E-state index in [1.165, 1.54) is 0 Å². The second-order valence-corrected chi connectivity index (χ2v) is 8.15. The number of aromatic nitrogens is 2. The lowest BCUT2D eigenvalue weighted by Gasteiger charge is -2.44. The average Bonchev–Trinajstić information content (AvgIpc) is 2.44. The Labute approximate surface area is 145 Å². The summed E-state index contributed by atoms with van der Waals surface area (Å²) in [6, 6.07) is 2.21. The minimum absolute atomic E-state index is 0.0370. The van der Waals surface area contributed by atoms with Crippen molar-refractivity contribution in [2.45, 2.75) is 65.0 Å². The average molecular weight is 334 g/mol. The maximum Gasteiger partial charge on any atom is 0.410 e. The van der Waals surface area contributed by atoms with Crippen LogP contribution in [0.15, 0.2) is 12.4 Å². The lowest BCUT2D eigenvalue weighted by molar-refractivity contribution is 0.0196. The van der Waals surface area contributed by atoms with Crippen LogP contribution in [0.25, 0.3) is 0 Å². The predicted octanol–water partition coefficient (Wildman–Crippen LogP) is 3.22. The van der Waals surface area contributed by atoms with Crippen LogP contribution in [0.5, 0.6) is 0 Å². The van der Waals surface area contributed by atoms with Gasteiger partial charge in [0.25, 0.3) is 0 Å². The molecule has 1 aliphatic heterocycles.